The fourth-order valence-electron chi connectivity index (χ4n) is 3.79. The second kappa shape index (κ2) is 6.05. The third kappa shape index (κ3) is 2.84. The molecule has 1 heterocycles. The second-order valence-electron chi connectivity index (χ2n) is 7.05. The smallest absolute Gasteiger partial charge is 0.414 e. The van der Waals surface area contributed by atoms with Crippen molar-refractivity contribution < 1.29 is 23.1 Å². The van der Waals surface area contributed by atoms with E-state index in [0.29, 0.717) is 12.0 Å². The number of hydrogen-bond acceptors (Lipinski definition) is 4. The van der Waals surface area contributed by atoms with Gasteiger partial charge in [-0.3, -0.25) is 9.69 Å². The first-order valence-corrected chi connectivity index (χ1v) is 8.53. The van der Waals surface area contributed by atoms with Gasteiger partial charge in [0.2, 0.25) is 5.91 Å². The van der Waals surface area contributed by atoms with Crippen molar-refractivity contribution in [2.75, 3.05) is 18.0 Å². The summed E-state index contributed by atoms with van der Waals surface area (Å²) < 4.78 is 34.3. The molecule has 1 saturated carbocycles. The number of rotatable bonds is 4. The van der Waals surface area contributed by atoms with E-state index in [-0.39, 0.29) is 48.1 Å². The standard InChI is InChI=1S/C18H19F2N3O3/c1-8(24)22-6-11-7-23(18(25)26-11)10-4-14(19)16(15(20)5-10)9-2-12-13(3-9)17(12)21/h2,4-5,11-13,17H,3,6-7,21H2,1H3,(H,22,24)/t11-,12-,13+,17+/m0/s1. The Morgan fingerprint density at radius 2 is 2.08 bits per heavy atom. The Morgan fingerprint density at radius 3 is 2.65 bits per heavy atom. The molecule has 6 nitrogen and oxygen atoms in total. The largest absolute Gasteiger partial charge is 0.442 e. The molecule has 138 valence electrons. The van der Waals surface area contributed by atoms with Crippen LogP contribution in [0, 0.1) is 23.5 Å². The highest BCUT2D eigenvalue weighted by Crippen LogP contribution is 2.52. The van der Waals surface area contributed by atoms with Gasteiger partial charge in [-0.2, -0.15) is 0 Å². The minimum Gasteiger partial charge on any atom is -0.442 e. The van der Waals surface area contributed by atoms with E-state index >= 15 is 0 Å². The molecule has 1 saturated heterocycles. The third-order valence-corrected chi connectivity index (χ3v) is 5.25. The lowest BCUT2D eigenvalue weighted by Crippen LogP contribution is -2.33. The van der Waals surface area contributed by atoms with Gasteiger partial charge in [0.25, 0.3) is 0 Å². The van der Waals surface area contributed by atoms with Gasteiger partial charge < -0.3 is 15.8 Å². The van der Waals surface area contributed by atoms with Crippen LogP contribution in [0.2, 0.25) is 0 Å². The highest BCUT2D eigenvalue weighted by atomic mass is 19.1. The molecule has 8 heteroatoms. The van der Waals surface area contributed by atoms with Gasteiger partial charge in [-0.15, -0.1) is 0 Å². The Bertz CT molecular complexity index is 803. The summed E-state index contributed by atoms with van der Waals surface area (Å²) in [4.78, 5) is 24.1. The number of amides is 2. The van der Waals surface area contributed by atoms with Crippen LogP contribution < -0.4 is 16.0 Å². The van der Waals surface area contributed by atoms with Gasteiger partial charge in [-0.05, 0) is 36.0 Å². The summed E-state index contributed by atoms with van der Waals surface area (Å²) in [5, 5.41) is 2.55. The van der Waals surface area contributed by atoms with Crippen LogP contribution in [0.4, 0.5) is 19.3 Å². The Kier molecular flexibility index (Phi) is 3.95. The van der Waals surface area contributed by atoms with Crippen molar-refractivity contribution in [3.8, 4) is 0 Å². The number of allylic oxidation sites excluding steroid dienone is 1. The predicted octanol–water partition coefficient (Wildman–Crippen LogP) is 1.79. The molecular formula is C18H19F2N3O3. The molecule has 1 aromatic rings. The monoisotopic (exact) mass is 363 g/mol. The summed E-state index contributed by atoms with van der Waals surface area (Å²) in [6.45, 7) is 1.61. The molecule has 0 aromatic heterocycles. The van der Waals surface area contributed by atoms with Crippen LogP contribution in [0.3, 0.4) is 0 Å². The zero-order valence-electron chi connectivity index (χ0n) is 14.2. The topological polar surface area (TPSA) is 84.7 Å². The van der Waals surface area contributed by atoms with Crippen molar-refractivity contribution in [3.05, 3.63) is 35.4 Å². The molecule has 4 rings (SSSR count). The highest BCUT2D eigenvalue weighted by molar-refractivity contribution is 5.90. The fourth-order valence-corrected chi connectivity index (χ4v) is 3.79. The lowest BCUT2D eigenvalue weighted by molar-refractivity contribution is -0.119. The second-order valence-corrected chi connectivity index (χ2v) is 7.05. The molecular weight excluding hydrogens is 344 g/mol. The summed E-state index contributed by atoms with van der Waals surface area (Å²) in [5.41, 5.74) is 6.54. The minimum atomic E-state index is -0.709. The number of anilines is 1. The number of hydrogen-bond donors (Lipinski definition) is 2. The molecule has 4 atom stereocenters. The predicted molar refractivity (Wildman–Crippen MR) is 90.2 cm³/mol. The molecule has 2 fully saturated rings. The maximum Gasteiger partial charge on any atom is 0.414 e. The highest BCUT2D eigenvalue weighted by Gasteiger charge is 2.50. The van der Waals surface area contributed by atoms with E-state index in [9.17, 15) is 18.4 Å². The summed E-state index contributed by atoms with van der Waals surface area (Å²) in [5.74, 6) is -1.17. The number of benzene rings is 1. The van der Waals surface area contributed by atoms with E-state index in [0.717, 1.165) is 12.1 Å². The van der Waals surface area contributed by atoms with E-state index in [1.54, 1.807) is 0 Å². The molecule has 0 radical (unpaired) electrons. The maximum atomic E-state index is 14.6. The van der Waals surface area contributed by atoms with Gasteiger partial charge in [0.05, 0.1) is 18.8 Å². The van der Waals surface area contributed by atoms with E-state index in [1.165, 1.54) is 11.8 Å². The lowest BCUT2D eigenvalue weighted by atomic mass is 10.0. The molecule has 26 heavy (non-hydrogen) atoms. The Balaban J connectivity index is 1.53. The number of halogens is 2. The fraction of sp³-hybridized carbons (Fsp3) is 0.444. The van der Waals surface area contributed by atoms with Crippen LogP contribution in [-0.2, 0) is 9.53 Å². The number of carbonyl (C=O) groups is 2. The first kappa shape index (κ1) is 17.0. The van der Waals surface area contributed by atoms with Gasteiger partial charge in [-0.1, -0.05) is 6.08 Å². The Labute approximate surface area is 149 Å². The van der Waals surface area contributed by atoms with Crippen LogP contribution in [0.25, 0.3) is 5.57 Å². The number of nitrogens with two attached hydrogens (primary N) is 1. The number of nitrogens with zero attached hydrogens (tertiary/aromatic N) is 1. The van der Waals surface area contributed by atoms with Gasteiger partial charge in [-0.25, -0.2) is 13.6 Å². The van der Waals surface area contributed by atoms with Crippen molar-refractivity contribution in [2.45, 2.75) is 25.5 Å². The molecule has 1 aromatic carbocycles. The van der Waals surface area contributed by atoms with Gasteiger partial charge in [0.1, 0.15) is 17.7 Å². The molecule has 0 spiro atoms. The first-order valence-electron chi connectivity index (χ1n) is 8.53. The summed E-state index contributed by atoms with van der Waals surface area (Å²) in [7, 11) is 0. The number of fused-ring (bicyclic) bond motifs is 1. The molecule has 3 N–H and O–H groups in total. The van der Waals surface area contributed by atoms with E-state index < -0.39 is 23.8 Å². The van der Waals surface area contributed by atoms with Gasteiger partial charge in [0.15, 0.2) is 0 Å². The van der Waals surface area contributed by atoms with Crippen molar-refractivity contribution >= 4 is 23.3 Å². The average Bonchev–Trinajstić information content (AvgIpc) is 2.93. The van der Waals surface area contributed by atoms with E-state index in [2.05, 4.69) is 5.32 Å². The van der Waals surface area contributed by atoms with Crippen LogP contribution in [-0.4, -0.2) is 37.2 Å². The van der Waals surface area contributed by atoms with E-state index in [1.807, 2.05) is 6.08 Å². The zero-order valence-corrected chi connectivity index (χ0v) is 14.2. The minimum absolute atomic E-state index is 0.0458. The van der Waals surface area contributed by atoms with Crippen molar-refractivity contribution in [2.24, 2.45) is 17.6 Å². The molecule has 2 aliphatic carbocycles. The quantitative estimate of drug-likeness (QED) is 0.854. The van der Waals surface area contributed by atoms with Gasteiger partial charge >= 0.3 is 6.09 Å². The number of carbonyl (C=O) groups excluding carboxylic acids is 2. The SMILES string of the molecule is CC(=O)NC[C@H]1CN(c2cc(F)c(C3=C[C@@H]4[C@@H](N)[C@@H]4C3)c(F)c2)C(=O)O1. The summed E-state index contributed by atoms with van der Waals surface area (Å²) in [6, 6.07) is 2.39. The van der Waals surface area contributed by atoms with E-state index in [4.69, 9.17) is 10.5 Å². The molecule has 2 amide bonds. The first-order chi connectivity index (χ1) is 12.3. The normalized spacial score (nSPS) is 29.3. The zero-order chi connectivity index (χ0) is 18.6. The Hall–Kier alpha value is -2.48. The summed E-state index contributed by atoms with van der Waals surface area (Å²) >= 11 is 0. The lowest BCUT2D eigenvalue weighted by Gasteiger charge is -2.16. The number of ether oxygens (including phenoxy) is 1. The van der Waals surface area contributed by atoms with Crippen molar-refractivity contribution in [1.29, 1.82) is 0 Å². The molecule has 0 unspecified atom stereocenters. The number of cyclic esters (lactones) is 1. The van der Waals surface area contributed by atoms with Crippen molar-refractivity contribution in [3.63, 3.8) is 0 Å². The van der Waals surface area contributed by atoms with Crippen LogP contribution in [0.15, 0.2) is 18.2 Å². The third-order valence-electron chi connectivity index (χ3n) is 5.25. The molecule has 1 aliphatic heterocycles. The summed E-state index contributed by atoms with van der Waals surface area (Å²) in [6.07, 6.45) is 1.16. The number of nitrogens with one attached hydrogen (secondary N) is 1. The maximum absolute atomic E-state index is 14.6. The van der Waals surface area contributed by atoms with Crippen molar-refractivity contribution in [1.82, 2.24) is 5.32 Å². The van der Waals surface area contributed by atoms with Crippen LogP contribution >= 0.6 is 0 Å². The van der Waals surface area contributed by atoms with Gasteiger partial charge in [0, 0.05) is 18.5 Å². The Morgan fingerprint density at radius 1 is 1.38 bits per heavy atom. The van der Waals surface area contributed by atoms with Crippen LogP contribution in [0.1, 0.15) is 18.9 Å². The molecule has 3 aliphatic rings. The van der Waals surface area contributed by atoms with Crippen LogP contribution in [0.5, 0.6) is 0 Å². The molecule has 0 bridgehead atoms. The average molecular weight is 363 g/mol.